The maximum Gasteiger partial charge on any atom is 0.272 e. The molecular weight excluding hydrogens is 382 g/mol. The Hall–Kier alpha value is -4.27. The lowest BCUT2D eigenvalue weighted by molar-refractivity contribution is 0.0777. The monoisotopic (exact) mass is 399 g/mol. The van der Waals surface area contributed by atoms with Crippen LogP contribution in [0, 0.1) is 0 Å². The van der Waals surface area contributed by atoms with E-state index in [4.69, 9.17) is 10.2 Å². The summed E-state index contributed by atoms with van der Waals surface area (Å²) in [5.74, 6) is 0.650. The maximum atomic E-state index is 12.9. The van der Waals surface area contributed by atoms with Crippen molar-refractivity contribution in [1.29, 1.82) is 0 Å². The number of nitrogens with two attached hydrogens (primary N) is 1. The first-order chi connectivity index (χ1) is 14.6. The lowest BCUT2D eigenvalue weighted by Gasteiger charge is -2.16. The van der Waals surface area contributed by atoms with Crippen molar-refractivity contribution in [2.24, 2.45) is 0 Å². The summed E-state index contributed by atoms with van der Waals surface area (Å²) in [5, 5.41) is 5.34. The molecule has 5 aromatic rings. The predicted octanol–water partition coefficient (Wildman–Crippen LogP) is 2.79. The van der Waals surface area contributed by atoms with Crippen LogP contribution in [0.15, 0.2) is 65.3 Å². The molecule has 9 heteroatoms. The van der Waals surface area contributed by atoms with Crippen LogP contribution in [0.2, 0.25) is 0 Å². The first kappa shape index (κ1) is 17.8. The van der Waals surface area contributed by atoms with Crippen LogP contribution in [0.25, 0.3) is 28.1 Å². The summed E-state index contributed by atoms with van der Waals surface area (Å²) in [5.41, 5.74) is 8.27. The van der Waals surface area contributed by atoms with E-state index in [-0.39, 0.29) is 17.5 Å². The Morgan fingerprint density at radius 2 is 1.97 bits per heavy atom. The third-order valence-corrected chi connectivity index (χ3v) is 4.71. The molecule has 0 aliphatic rings. The van der Waals surface area contributed by atoms with Crippen molar-refractivity contribution in [2.45, 2.75) is 6.54 Å². The number of amides is 1. The van der Waals surface area contributed by atoms with Gasteiger partial charge in [0.15, 0.2) is 11.4 Å². The molecule has 0 spiro atoms. The van der Waals surface area contributed by atoms with Gasteiger partial charge in [-0.1, -0.05) is 24.3 Å². The van der Waals surface area contributed by atoms with E-state index in [0.717, 1.165) is 16.6 Å². The molecule has 4 aromatic heterocycles. The van der Waals surface area contributed by atoms with Crippen molar-refractivity contribution < 1.29 is 9.21 Å². The van der Waals surface area contributed by atoms with Crippen molar-refractivity contribution >= 4 is 28.4 Å². The molecule has 0 atom stereocenters. The smallest absolute Gasteiger partial charge is 0.272 e. The highest BCUT2D eigenvalue weighted by molar-refractivity contribution is 5.93. The summed E-state index contributed by atoms with van der Waals surface area (Å²) in [6, 6.07) is 16.8. The number of carbonyl (C=O) groups excluding carboxylic acids is 1. The van der Waals surface area contributed by atoms with Gasteiger partial charge in [0.25, 0.3) is 5.91 Å². The van der Waals surface area contributed by atoms with E-state index in [9.17, 15) is 4.79 Å². The van der Waals surface area contributed by atoms with Crippen LogP contribution in [0.3, 0.4) is 0 Å². The molecule has 0 saturated heterocycles. The summed E-state index contributed by atoms with van der Waals surface area (Å²) in [7, 11) is 1.69. The van der Waals surface area contributed by atoms with E-state index in [1.807, 2.05) is 36.4 Å². The Balaban J connectivity index is 1.42. The van der Waals surface area contributed by atoms with Crippen LogP contribution >= 0.6 is 0 Å². The van der Waals surface area contributed by atoms with Gasteiger partial charge < -0.3 is 15.1 Å². The highest BCUT2D eigenvalue weighted by Crippen LogP contribution is 2.19. The van der Waals surface area contributed by atoms with Gasteiger partial charge in [-0.15, -0.1) is 5.10 Å². The minimum Gasteiger partial charge on any atom is -0.461 e. The van der Waals surface area contributed by atoms with Crippen molar-refractivity contribution in [1.82, 2.24) is 29.5 Å². The maximum absolute atomic E-state index is 12.9. The lowest BCUT2D eigenvalue weighted by Crippen LogP contribution is -2.28. The number of pyridine rings is 1. The van der Waals surface area contributed by atoms with Crippen LogP contribution in [0.1, 0.15) is 16.2 Å². The number of hydrogen-bond donors (Lipinski definition) is 1. The van der Waals surface area contributed by atoms with Crippen LogP contribution in [-0.4, -0.2) is 42.4 Å². The molecule has 148 valence electrons. The number of furan rings is 1. The summed E-state index contributed by atoms with van der Waals surface area (Å²) >= 11 is 0. The van der Waals surface area contributed by atoms with E-state index in [2.05, 4.69) is 20.1 Å². The number of nitrogen functional groups attached to an aromatic ring is 1. The highest BCUT2D eigenvalue weighted by Gasteiger charge is 2.19. The largest absolute Gasteiger partial charge is 0.461 e. The third-order valence-electron chi connectivity index (χ3n) is 4.71. The summed E-state index contributed by atoms with van der Waals surface area (Å²) in [6.45, 7) is 0.334. The fraction of sp³-hybridized carbons (Fsp3) is 0.0952. The molecular formula is C21H17N7O2. The molecule has 0 bridgehead atoms. The fourth-order valence-electron chi connectivity index (χ4n) is 3.24. The zero-order valence-corrected chi connectivity index (χ0v) is 16.1. The fourth-order valence-corrected chi connectivity index (χ4v) is 3.24. The number of hydrogen-bond acceptors (Lipinski definition) is 7. The Morgan fingerprint density at radius 1 is 1.10 bits per heavy atom. The first-order valence-electron chi connectivity index (χ1n) is 9.26. The molecule has 0 unspecified atom stereocenters. The van der Waals surface area contributed by atoms with Crippen LogP contribution in [0.5, 0.6) is 0 Å². The molecule has 0 aliphatic heterocycles. The Morgan fingerprint density at radius 3 is 2.80 bits per heavy atom. The van der Waals surface area contributed by atoms with Gasteiger partial charge in [-0.3, -0.25) is 9.78 Å². The number of para-hydroxylation sites is 1. The minimum absolute atomic E-state index is 0.0680. The average Bonchev–Trinajstić information content (AvgIpc) is 3.43. The number of anilines is 1. The predicted molar refractivity (Wildman–Crippen MR) is 110 cm³/mol. The summed E-state index contributed by atoms with van der Waals surface area (Å²) in [6.07, 6.45) is 1.54. The second-order valence-corrected chi connectivity index (χ2v) is 6.84. The van der Waals surface area contributed by atoms with Gasteiger partial charge in [0.1, 0.15) is 5.69 Å². The molecule has 2 N–H and O–H groups in total. The average molecular weight is 399 g/mol. The minimum atomic E-state index is -0.290. The molecule has 5 rings (SSSR count). The van der Waals surface area contributed by atoms with Gasteiger partial charge >= 0.3 is 0 Å². The van der Waals surface area contributed by atoms with Crippen molar-refractivity contribution in [3.63, 3.8) is 0 Å². The molecule has 9 nitrogen and oxygen atoms in total. The topological polar surface area (TPSA) is 115 Å². The van der Waals surface area contributed by atoms with Gasteiger partial charge in [0.05, 0.1) is 24.0 Å². The summed E-state index contributed by atoms with van der Waals surface area (Å²) in [4.78, 5) is 27.7. The van der Waals surface area contributed by atoms with Gasteiger partial charge in [0.2, 0.25) is 11.8 Å². The second-order valence-electron chi connectivity index (χ2n) is 6.84. The molecule has 0 fully saturated rings. The van der Waals surface area contributed by atoms with Gasteiger partial charge in [0, 0.05) is 18.5 Å². The normalized spacial score (nSPS) is 11.2. The van der Waals surface area contributed by atoms with E-state index in [1.54, 1.807) is 30.1 Å². The van der Waals surface area contributed by atoms with Crippen molar-refractivity contribution in [3.05, 3.63) is 72.2 Å². The summed E-state index contributed by atoms with van der Waals surface area (Å²) < 4.78 is 6.69. The number of rotatable bonds is 4. The standard InChI is InChI=1S/C21H17N7O2/c1-27(12-14-9-8-13-5-2-3-6-15(13)23-14)20(29)16-11-18-25-19(17-7-4-10-30-17)26-28(18)21(22)24-16/h2-11H,12H2,1H3,(H2,22,24). The number of benzene rings is 1. The molecule has 0 saturated carbocycles. The van der Waals surface area contributed by atoms with E-state index < -0.39 is 0 Å². The molecule has 4 heterocycles. The van der Waals surface area contributed by atoms with Crippen LogP contribution < -0.4 is 5.73 Å². The Bertz CT molecular complexity index is 1380. The molecule has 30 heavy (non-hydrogen) atoms. The van der Waals surface area contributed by atoms with Crippen molar-refractivity contribution in [2.75, 3.05) is 12.8 Å². The number of nitrogens with zero attached hydrogens (tertiary/aromatic N) is 6. The zero-order valence-electron chi connectivity index (χ0n) is 16.1. The van der Waals surface area contributed by atoms with E-state index >= 15 is 0 Å². The van der Waals surface area contributed by atoms with Crippen LogP contribution in [0.4, 0.5) is 5.95 Å². The van der Waals surface area contributed by atoms with Gasteiger partial charge in [-0.05, 0) is 24.3 Å². The van der Waals surface area contributed by atoms with E-state index in [1.165, 1.54) is 10.8 Å². The number of carbonyl (C=O) groups is 1. The SMILES string of the molecule is CN(Cc1ccc2ccccc2n1)C(=O)c1cc2nc(-c3ccco3)nn2c(N)n1. The quantitative estimate of drug-likeness (QED) is 0.494. The highest BCUT2D eigenvalue weighted by atomic mass is 16.3. The first-order valence-corrected chi connectivity index (χ1v) is 9.26. The lowest BCUT2D eigenvalue weighted by atomic mass is 10.2. The van der Waals surface area contributed by atoms with E-state index in [0.29, 0.717) is 23.8 Å². The number of fused-ring (bicyclic) bond motifs is 2. The third kappa shape index (κ3) is 3.12. The van der Waals surface area contributed by atoms with Crippen LogP contribution in [-0.2, 0) is 6.54 Å². The van der Waals surface area contributed by atoms with Crippen molar-refractivity contribution in [3.8, 4) is 11.6 Å². The molecule has 1 aromatic carbocycles. The zero-order chi connectivity index (χ0) is 20.7. The molecule has 0 radical (unpaired) electrons. The second kappa shape index (κ2) is 6.96. The molecule has 1 amide bonds. The Kier molecular flexibility index (Phi) is 4.13. The number of aromatic nitrogens is 5. The molecule has 0 aliphatic carbocycles. The van der Waals surface area contributed by atoms with Gasteiger partial charge in [-0.25, -0.2) is 9.97 Å². The van der Waals surface area contributed by atoms with Gasteiger partial charge in [-0.2, -0.15) is 4.52 Å². The Labute approximate surface area is 170 Å².